The maximum Gasteiger partial charge on any atom is 0.164 e. The quantitative estimate of drug-likeness (QED) is 0.196. The molecule has 252 valence electrons. The van der Waals surface area contributed by atoms with Gasteiger partial charge in [0.15, 0.2) is 17.5 Å². The molecule has 0 aliphatic heterocycles. The van der Waals surface area contributed by atoms with Gasteiger partial charge in [0.05, 0.1) is 0 Å². The fourth-order valence-electron chi connectivity index (χ4n) is 7.64. The van der Waals surface area contributed by atoms with Crippen LogP contribution in [0.5, 0.6) is 0 Å². The first kappa shape index (κ1) is 39.5. The van der Waals surface area contributed by atoms with Crippen molar-refractivity contribution in [3.05, 3.63) is 109 Å². The summed E-state index contributed by atoms with van der Waals surface area (Å²) in [6.45, 7) is 0. The molecule has 0 aliphatic rings. The molecule has 0 unspecified atom stereocenters. The van der Waals surface area contributed by atoms with Crippen molar-refractivity contribution in [2.45, 2.75) is 0 Å². The first-order chi connectivity index (χ1) is 28.8. The van der Waals surface area contributed by atoms with Gasteiger partial charge in [0.25, 0.3) is 0 Å². The van der Waals surface area contributed by atoms with Gasteiger partial charge in [0, 0.05) is 27.5 Å². The van der Waals surface area contributed by atoms with Crippen LogP contribution in [0.25, 0.3) is 89.5 Å². The fraction of sp³-hybridized carbons (Fsp3) is 0. The zero-order valence-electron chi connectivity index (χ0n) is 32.0. The van der Waals surface area contributed by atoms with Crippen LogP contribution < -0.4 is 60.1 Å². The number of fused-ring (bicyclic) bond motifs is 3. The van der Waals surface area contributed by atoms with Crippen LogP contribution in [-0.4, -0.2) is 101 Å². The summed E-state index contributed by atoms with van der Waals surface area (Å²) in [5.41, 5.74) is 6.77. The Bertz CT molecular complexity index is 3170. The van der Waals surface area contributed by atoms with Gasteiger partial charge in [-0.3, -0.25) is 0 Å². The maximum absolute atomic E-state index is 7.08. The molecule has 0 saturated carbocycles. The molecule has 0 atom stereocenters. The summed E-state index contributed by atoms with van der Waals surface area (Å²) in [4.78, 5) is 14.7. The van der Waals surface area contributed by atoms with E-state index in [1.54, 1.807) is 0 Å². The molecular weight excluding hydrogens is 717 g/mol. The second-order valence-corrected chi connectivity index (χ2v) is 14.4. The predicted molar refractivity (Wildman–Crippen MR) is 259 cm³/mol. The van der Waals surface area contributed by atoms with E-state index in [0.29, 0.717) is 11.6 Å². The van der Waals surface area contributed by atoms with Crippen LogP contribution in [0.4, 0.5) is 0 Å². The molecule has 0 saturated heterocycles. The maximum atomic E-state index is 7.08. The SMILES string of the molecule is [B]c1c([B])c([B])c(-c2c([B])c([B])c3oc4c([B])c([B])c(-c5nc(-c6ccccc6)nc(-c6ccc(-c7ccc(-c8ccccc8)cc7)cc6)n5)c([B])c4c3c2[B])c([B])c1[B]. The topological polar surface area (TPSA) is 51.8 Å². The minimum absolute atomic E-state index is 0.00137. The van der Waals surface area contributed by atoms with Crippen LogP contribution >= 0.6 is 0 Å². The average Bonchev–Trinajstić information content (AvgIpc) is 3.70. The lowest BCUT2D eigenvalue weighted by atomic mass is 9.57. The molecule has 2 aromatic heterocycles. The lowest BCUT2D eigenvalue weighted by molar-refractivity contribution is 0.675. The third-order valence-corrected chi connectivity index (χ3v) is 10.9. The Hall–Kier alpha value is -5.94. The molecule has 7 aromatic carbocycles. The second kappa shape index (κ2) is 15.3. The molecule has 9 rings (SSSR count). The Morgan fingerprint density at radius 1 is 0.267 bits per heavy atom. The number of rotatable bonds is 6. The summed E-state index contributed by atoms with van der Waals surface area (Å²) in [5.74, 6) is 0.879. The molecular formula is C45H18B11N3O. The van der Waals surface area contributed by atoms with Gasteiger partial charge in [-0.05, 0) is 33.4 Å². The highest BCUT2D eigenvalue weighted by molar-refractivity contribution is 6.71. The van der Waals surface area contributed by atoms with Crippen LogP contribution in [0.3, 0.4) is 0 Å². The number of nitrogens with zero attached hydrogens (tertiary/aromatic N) is 3. The Labute approximate surface area is 362 Å². The summed E-state index contributed by atoms with van der Waals surface area (Å²) < 4.78 is 6.25. The molecule has 2 heterocycles. The summed E-state index contributed by atoms with van der Waals surface area (Å²) >= 11 is 0. The van der Waals surface area contributed by atoms with Crippen molar-refractivity contribution >= 4 is 168 Å². The number of hydrogen-bond acceptors (Lipinski definition) is 4. The summed E-state index contributed by atoms with van der Waals surface area (Å²) in [6.07, 6.45) is 0. The van der Waals surface area contributed by atoms with E-state index in [0.717, 1.165) is 33.4 Å². The van der Waals surface area contributed by atoms with Crippen LogP contribution in [0.2, 0.25) is 0 Å². The Balaban J connectivity index is 1.23. The molecule has 0 amide bonds. The first-order valence-electron chi connectivity index (χ1n) is 18.6. The monoisotopic (exact) mass is 737 g/mol. The van der Waals surface area contributed by atoms with Gasteiger partial charge >= 0.3 is 0 Å². The lowest BCUT2D eigenvalue weighted by Gasteiger charge is -2.25. The minimum Gasteiger partial charge on any atom is -0.457 e. The first-order valence-corrected chi connectivity index (χ1v) is 18.6. The van der Waals surface area contributed by atoms with E-state index < -0.39 is 0 Å². The Morgan fingerprint density at radius 3 is 1.03 bits per heavy atom. The molecule has 0 fully saturated rings. The van der Waals surface area contributed by atoms with Gasteiger partial charge < -0.3 is 4.42 Å². The van der Waals surface area contributed by atoms with E-state index in [1.165, 1.54) is 0 Å². The predicted octanol–water partition coefficient (Wildman–Crippen LogP) is -1.50. The van der Waals surface area contributed by atoms with Crippen molar-refractivity contribution in [1.82, 2.24) is 15.0 Å². The largest absolute Gasteiger partial charge is 0.457 e. The van der Waals surface area contributed by atoms with E-state index >= 15 is 0 Å². The van der Waals surface area contributed by atoms with E-state index in [-0.39, 0.29) is 105 Å². The molecule has 15 heteroatoms. The minimum atomic E-state index is -0.00352. The van der Waals surface area contributed by atoms with Crippen LogP contribution in [0, 0.1) is 0 Å². The molecule has 0 spiro atoms. The molecule has 0 aliphatic carbocycles. The third kappa shape index (κ3) is 6.36. The standard InChI is InChI=1S/C45H18B11N3O/c46-30-25(26-32(48)36(52)38(54)37(53)33(26)49)34(50)39(55)41-27(30)28-31(47)29(35(51)40(56)42(28)60-41)45-58-43(23-9-5-2-6-10-23)57-44(59-45)24-17-15-22(16-18-24)21-13-11-20(12-14-21)19-7-3-1-4-8-19/h1-18H. The van der Waals surface area contributed by atoms with Crippen molar-refractivity contribution in [3.63, 3.8) is 0 Å². The fourth-order valence-corrected chi connectivity index (χ4v) is 7.64. The Morgan fingerprint density at radius 2 is 0.567 bits per heavy atom. The van der Waals surface area contributed by atoms with E-state index in [1.807, 2.05) is 72.8 Å². The summed E-state index contributed by atoms with van der Waals surface area (Å²) in [5, 5.41) is 0.534. The molecule has 22 radical (unpaired) electrons. The van der Waals surface area contributed by atoms with Crippen molar-refractivity contribution in [2.75, 3.05) is 0 Å². The zero-order chi connectivity index (χ0) is 42.1. The zero-order valence-corrected chi connectivity index (χ0v) is 32.0. The van der Waals surface area contributed by atoms with E-state index in [4.69, 9.17) is 106 Å². The number of aromatic nitrogens is 3. The van der Waals surface area contributed by atoms with Crippen LogP contribution in [-0.2, 0) is 0 Å². The van der Waals surface area contributed by atoms with Gasteiger partial charge in [-0.25, -0.2) is 15.0 Å². The molecule has 9 aromatic rings. The number of benzene rings is 7. The highest BCUT2D eigenvalue weighted by atomic mass is 16.3. The van der Waals surface area contributed by atoms with Crippen LogP contribution in [0.1, 0.15) is 0 Å². The summed E-state index contributed by atoms with van der Waals surface area (Å²) in [6, 6.07) is 36.0. The molecule has 60 heavy (non-hydrogen) atoms. The van der Waals surface area contributed by atoms with Gasteiger partial charge in [-0.1, -0.05) is 153 Å². The van der Waals surface area contributed by atoms with E-state index in [9.17, 15) is 0 Å². The van der Waals surface area contributed by atoms with Crippen LogP contribution in [0.15, 0.2) is 114 Å². The van der Waals surface area contributed by atoms with Gasteiger partial charge in [-0.2, -0.15) is 0 Å². The van der Waals surface area contributed by atoms with Gasteiger partial charge in [0.1, 0.15) is 97.5 Å². The smallest absolute Gasteiger partial charge is 0.164 e. The molecule has 0 bridgehead atoms. The molecule has 4 nitrogen and oxygen atoms in total. The normalized spacial score (nSPS) is 11.4. The second-order valence-electron chi connectivity index (χ2n) is 14.4. The third-order valence-electron chi connectivity index (χ3n) is 10.9. The highest BCUT2D eigenvalue weighted by Crippen LogP contribution is 2.31. The van der Waals surface area contributed by atoms with Crippen molar-refractivity contribution in [2.24, 2.45) is 0 Å². The van der Waals surface area contributed by atoms with Gasteiger partial charge in [0.2, 0.25) is 0 Å². The summed E-state index contributed by atoms with van der Waals surface area (Å²) in [7, 11) is 72.3. The highest BCUT2D eigenvalue weighted by Gasteiger charge is 2.26. The number of furan rings is 1. The Kier molecular flexibility index (Phi) is 10.1. The van der Waals surface area contributed by atoms with E-state index in [2.05, 4.69) is 36.4 Å². The van der Waals surface area contributed by atoms with Crippen molar-refractivity contribution in [1.29, 1.82) is 0 Å². The molecule has 0 N–H and O–H groups in total. The van der Waals surface area contributed by atoms with Crippen molar-refractivity contribution in [3.8, 4) is 67.5 Å². The van der Waals surface area contributed by atoms with Crippen molar-refractivity contribution < 1.29 is 4.42 Å². The number of hydrogen-bond donors (Lipinski definition) is 0. The van der Waals surface area contributed by atoms with Gasteiger partial charge in [-0.15, -0.1) is 16.4 Å². The average molecular weight is 736 g/mol. The lowest BCUT2D eigenvalue weighted by Crippen LogP contribution is -2.56.